The lowest BCUT2D eigenvalue weighted by atomic mass is 10.0. The summed E-state index contributed by atoms with van der Waals surface area (Å²) >= 11 is 0. The summed E-state index contributed by atoms with van der Waals surface area (Å²) in [5.74, 6) is -1.04. The largest absolute Gasteiger partial charge is 0.476 e. The van der Waals surface area contributed by atoms with Crippen molar-refractivity contribution < 1.29 is 9.90 Å². The van der Waals surface area contributed by atoms with Gasteiger partial charge in [0.25, 0.3) is 0 Å². The number of aryl methyl sites for hydroxylation is 2. The first-order valence-electron chi connectivity index (χ1n) is 5.22. The van der Waals surface area contributed by atoms with Crippen LogP contribution in [0.25, 0.3) is 11.3 Å². The minimum Gasteiger partial charge on any atom is -0.476 e. The van der Waals surface area contributed by atoms with E-state index in [1.165, 1.54) is 6.20 Å². The van der Waals surface area contributed by atoms with Crippen molar-refractivity contribution in [2.75, 3.05) is 0 Å². The van der Waals surface area contributed by atoms with E-state index in [9.17, 15) is 4.79 Å². The monoisotopic (exact) mass is 228 g/mol. The van der Waals surface area contributed by atoms with E-state index in [2.05, 4.69) is 9.97 Å². The fourth-order valence-corrected chi connectivity index (χ4v) is 1.67. The summed E-state index contributed by atoms with van der Waals surface area (Å²) in [6.45, 7) is 3.78. The van der Waals surface area contributed by atoms with Gasteiger partial charge >= 0.3 is 5.97 Å². The van der Waals surface area contributed by atoms with Crippen LogP contribution in [0.3, 0.4) is 0 Å². The summed E-state index contributed by atoms with van der Waals surface area (Å²) < 4.78 is 0. The Balaban J connectivity index is 2.68. The molecule has 2 aromatic heterocycles. The lowest BCUT2D eigenvalue weighted by Gasteiger charge is -2.08. The SMILES string of the molecule is Cc1ccc(C)c(-c2cccnc2C(=O)O)n1. The third kappa shape index (κ3) is 2.15. The number of carboxylic acids is 1. The fraction of sp³-hybridized carbons (Fsp3) is 0.154. The average Bonchev–Trinajstić information content (AvgIpc) is 2.32. The summed E-state index contributed by atoms with van der Waals surface area (Å²) in [5, 5.41) is 9.10. The smallest absolute Gasteiger partial charge is 0.355 e. The molecule has 2 heterocycles. The number of carbonyl (C=O) groups is 1. The van der Waals surface area contributed by atoms with Crippen LogP contribution in [0.15, 0.2) is 30.5 Å². The van der Waals surface area contributed by atoms with Gasteiger partial charge < -0.3 is 5.11 Å². The standard InChI is InChI=1S/C13H12N2O2/c1-8-5-6-9(2)15-11(8)10-4-3-7-14-12(10)13(16)17/h3-7H,1-2H3,(H,16,17). The van der Waals surface area contributed by atoms with Crippen LogP contribution in [-0.2, 0) is 0 Å². The Bertz CT molecular complexity index is 579. The Hall–Kier alpha value is -2.23. The molecule has 4 heteroatoms. The molecule has 17 heavy (non-hydrogen) atoms. The molecule has 0 radical (unpaired) electrons. The summed E-state index contributed by atoms with van der Waals surface area (Å²) in [6, 6.07) is 7.27. The zero-order valence-electron chi connectivity index (χ0n) is 9.64. The molecule has 0 amide bonds. The van der Waals surface area contributed by atoms with Gasteiger partial charge in [0, 0.05) is 17.5 Å². The van der Waals surface area contributed by atoms with E-state index in [0.29, 0.717) is 11.3 Å². The summed E-state index contributed by atoms with van der Waals surface area (Å²) in [7, 11) is 0. The fourth-order valence-electron chi connectivity index (χ4n) is 1.67. The maximum atomic E-state index is 11.1. The first-order chi connectivity index (χ1) is 8.09. The van der Waals surface area contributed by atoms with Crippen LogP contribution in [0.2, 0.25) is 0 Å². The number of nitrogens with zero attached hydrogens (tertiary/aromatic N) is 2. The lowest BCUT2D eigenvalue weighted by Crippen LogP contribution is -2.04. The van der Waals surface area contributed by atoms with E-state index in [1.54, 1.807) is 12.1 Å². The van der Waals surface area contributed by atoms with Gasteiger partial charge in [-0.15, -0.1) is 0 Å². The van der Waals surface area contributed by atoms with Crippen molar-refractivity contribution in [1.29, 1.82) is 0 Å². The number of pyridine rings is 2. The van der Waals surface area contributed by atoms with Gasteiger partial charge in [0.2, 0.25) is 0 Å². The first kappa shape index (κ1) is 11.3. The predicted octanol–water partition coefficient (Wildman–Crippen LogP) is 2.46. The van der Waals surface area contributed by atoms with Gasteiger partial charge in [0.05, 0.1) is 5.69 Å². The molecule has 1 N–H and O–H groups in total. The molecule has 0 saturated heterocycles. The number of hydrogen-bond donors (Lipinski definition) is 1. The van der Waals surface area contributed by atoms with E-state index in [-0.39, 0.29) is 5.69 Å². The summed E-state index contributed by atoms with van der Waals surface area (Å²) in [6.07, 6.45) is 1.47. The van der Waals surface area contributed by atoms with Gasteiger partial charge in [-0.25, -0.2) is 9.78 Å². The number of rotatable bonds is 2. The molecule has 86 valence electrons. The molecule has 0 aliphatic heterocycles. The maximum absolute atomic E-state index is 11.1. The second-order valence-electron chi connectivity index (χ2n) is 3.82. The van der Waals surface area contributed by atoms with Gasteiger partial charge in [-0.2, -0.15) is 0 Å². The summed E-state index contributed by atoms with van der Waals surface area (Å²) in [5.41, 5.74) is 3.06. The third-order valence-electron chi connectivity index (χ3n) is 2.50. The lowest BCUT2D eigenvalue weighted by molar-refractivity contribution is 0.0691. The van der Waals surface area contributed by atoms with Gasteiger partial charge in [-0.05, 0) is 37.6 Å². The van der Waals surface area contributed by atoms with Crippen LogP contribution in [0, 0.1) is 13.8 Å². The van der Waals surface area contributed by atoms with Gasteiger partial charge in [-0.3, -0.25) is 4.98 Å². The number of carboxylic acid groups (broad SMARTS) is 1. The van der Waals surface area contributed by atoms with Crippen molar-refractivity contribution in [2.24, 2.45) is 0 Å². The van der Waals surface area contributed by atoms with Crippen LogP contribution in [0.1, 0.15) is 21.7 Å². The zero-order chi connectivity index (χ0) is 12.4. The average molecular weight is 228 g/mol. The number of hydrogen-bond acceptors (Lipinski definition) is 3. The zero-order valence-corrected chi connectivity index (χ0v) is 9.64. The Morgan fingerprint density at radius 2 is 2.00 bits per heavy atom. The molecule has 0 bridgehead atoms. The molecule has 0 aliphatic carbocycles. The normalized spacial score (nSPS) is 10.2. The van der Waals surface area contributed by atoms with E-state index >= 15 is 0 Å². The molecule has 0 atom stereocenters. The van der Waals surface area contributed by atoms with Gasteiger partial charge in [0.15, 0.2) is 5.69 Å². The van der Waals surface area contributed by atoms with Crippen LogP contribution >= 0.6 is 0 Å². The van der Waals surface area contributed by atoms with E-state index in [0.717, 1.165) is 11.3 Å². The van der Waals surface area contributed by atoms with Crippen LogP contribution in [-0.4, -0.2) is 21.0 Å². The van der Waals surface area contributed by atoms with E-state index < -0.39 is 5.97 Å². The highest BCUT2D eigenvalue weighted by Gasteiger charge is 2.15. The van der Waals surface area contributed by atoms with Crippen molar-refractivity contribution >= 4 is 5.97 Å². The second-order valence-corrected chi connectivity index (χ2v) is 3.82. The Labute approximate surface area is 99.0 Å². The molecule has 2 aromatic rings. The number of aromatic carboxylic acids is 1. The first-order valence-corrected chi connectivity index (χ1v) is 5.22. The predicted molar refractivity (Wildman–Crippen MR) is 63.9 cm³/mol. The van der Waals surface area contributed by atoms with Crippen molar-refractivity contribution in [1.82, 2.24) is 9.97 Å². The Kier molecular flexibility index (Phi) is 2.87. The van der Waals surface area contributed by atoms with Crippen molar-refractivity contribution in [2.45, 2.75) is 13.8 Å². The van der Waals surface area contributed by atoms with Crippen LogP contribution < -0.4 is 0 Å². The minimum absolute atomic E-state index is 0.0358. The summed E-state index contributed by atoms with van der Waals surface area (Å²) in [4.78, 5) is 19.4. The molecular formula is C13H12N2O2. The minimum atomic E-state index is -1.04. The molecule has 0 saturated carbocycles. The van der Waals surface area contributed by atoms with Crippen molar-refractivity contribution in [3.05, 3.63) is 47.4 Å². The highest BCUT2D eigenvalue weighted by atomic mass is 16.4. The molecular weight excluding hydrogens is 216 g/mol. The highest BCUT2D eigenvalue weighted by Crippen LogP contribution is 2.23. The van der Waals surface area contributed by atoms with Crippen LogP contribution in [0.4, 0.5) is 0 Å². The Morgan fingerprint density at radius 1 is 1.24 bits per heavy atom. The Morgan fingerprint density at radius 3 is 2.71 bits per heavy atom. The highest BCUT2D eigenvalue weighted by molar-refractivity contribution is 5.93. The topological polar surface area (TPSA) is 63.1 Å². The molecule has 0 spiro atoms. The van der Waals surface area contributed by atoms with Gasteiger partial charge in [0.1, 0.15) is 0 Å². The van der Waals surface area contributed by atoms with Crippen molar-refractivity contribution in [3.63, 3.8) is 0 Å². The second kappa shape index (κ2) is 4.33. The van der Waals surface area contributed by atoms with Crippen LogP contribution in [0.5, 0.6) is 0 Å². The molecule has 0 aromatic carbocycles. The van der Waals surface area contributed by atoms with E-state index in [1.807, 2.05) is 26.0 Å². The molecule has 0 aliphatic rings. The van der Waals surface area contributed by atoms with Gasteiger partial charge in [-0.1, -0.05) is 6.07 Å². The third-order valence-corrected chi connectivity index (χ3v) is 2.50. The molecule has 4 nitrogen and oxygen atoms in total. The molecule has 0 fully saturated rings. The van der Waals surface area contributed by atoms with E-state index in [4.69, 9.17) is 5.11 Å². The quantitative estimate of drug-likeness (QED) is 0.857. The maximum Gasteiger partial charge on any atom is 0.355 e. The molecule has 2 rings (SSSR count). The number of aromatic nitrogens is 2. The molecule has 0 unspecified atom stereocenters. The van der Waals surface area contributed by atoms with Crippen molar-refractivity contribution in [3.8, 4) is 11.3 Å².